The molecule has 1 heterocycles. The van der Waals surface area contributed by atoms with E-state index in [1.807, 2.05) is 0 Å². The predicted molar refractivity (Wildman–Crippen MR) is 62.6 cm³/mol. The molecule has 2 nitrogen and oxygen atoms in total. The van der Waals surface area contributed by atoms with Gasteiger partial charge in [-0.2, -0.15) is 0 Å². The van der Waals surface area contributed by atoms with Crippen LogP contribution in [0.2, 0.25) is 0 Å². The highest BCUT2D eigenvalue weighted by atomic mass is 15.1. The SMILES string of the molecule is CCCNCCN1CCCC(C)CC1. The molecule has 1 fully saturated rings. The van der Waals surface area contributed by atoms with Crippen LogP contribution in [0.4, 0.5) is 0 Å². The Labute approximate surface area is 89.1 Å². The van der Waals surface area contributed by atoms with Crippen molar-refractivity contribution in [1.29, 1.82) is 0 Å². The van der Waals surface area contributed by atoms with E-state index in [0.29, 0.717) is 0 Å². The van der Waals surface area contributed by atoms with Crippen molar-refractivity contribution in [2.75, 3.05) is 32.7 Å². The van der Waals surface area contributed by atoms with Gasteiger partial charge in [0.15, 0.2) is 0 Å². The highest BCUT2D eigenvalue weighted by Gasteiger charge is 2.12. The fourth-order valence-corrected chi connectivity index (χ4v) is 2.09. The first-order chi connectivity index (χ1) is 6.83. The fourth-order valence-electron chi connectivity index (χ4n) is 2.09. The van der Waals surface area contributed by atoms with E-state index in [4.69, 9.17) is 0 Å². The van der Waals surface area contributed by atoms with Crippen LogP contribution < -0.4 is 5.32 Å². The fraction of sp³-hybridized carbons (Fsp3) is 1.00. The minimum atomic E-state index is 0.948. The summed E-state index contributed by atoms with van der Waals surface area (Å²) in [7, 11) is 0. The normalized spacial score (nSPS) is 24.9. The van der Waals surface area contributed by atoms with Gasteiger partial charge in [0.1, 0.15) is 0 Å². The van der Waals surface area contributed by atoms with Crippen molar-refractivity contribution in [2.24, 2.45) is 5.92 Å². The van der Waals surface area contributed by atoms with Crippen molar-refractivity contribution in [3.63, 3.8) is 0 Å². The van der Waals surface area contributed by atoms with Crippen molar-refractivity contribution in [3.8, 4) is 0 Å². The number of nitrogens with zero attached hydrogens (tertiary/aromatic N) is 1. The van der Waals surface area contributed by atoms with Crippen molar-refractivity contribution in [3.05, 3.63) is 0 Å². The van der Waals surface area contributed by atoms with Crippen LogP contribution in [0.5, 0.6) is 0 Å². The molecule has 84 valence electrons. The van der Waals surface area contributed by atoms with Crippen LogP contribution in [0.3, 0.4) is 0 Å². The molecule has 14 heavy (non-hydrogen) atoms. The Morgan fingerprint density at radius 3 is 2.86 bits per heavy atom. The highest BCUT2D eigenvalue weighted by molar-refractivity contribution is 4.67. The van der Waals surface area contributed by atoms with Crippen LogP contribution in [-0.4, -0.2) is 37.6 Å². The Hall–Kier alpha value is -0.0800. The molecule has 1 saturated heterocycles. The largest absolute Gasteiger partial charge is 0.315 e. The summed E-state index contributed by atoms with van der Waals surface area (Å²) < 4.78 is 0. The molecule has 0 aromatic heterocycles. The van der Waals surface area contributed by atoms with Gasteiger partial charge >= 0.3 is 0 Å². The molecule has 0 radical (unpaired) electrons. The van der Waals surface area contributed by atoms with E-state index >= 15 is 0 Å². The number of likely N-dealkylation sites (tertiary alicyclic amines) is 1. The topological polar surface area (TPSA) is 15.3 Å². The van der Waals surface area contributed by atoms with Gasteiger partial charge in [-0.15, -0.1) is 0 Å². The van der Waals surface area contributed by atoms with E-state index in [1.54, 1.807) is 0 Å². The van der Waals surface area contributed by atoms with Crippen molar-refractivity contribution in [2.45, 2.75) is 39.5 Å². The van der Waals surface area contributed by atoms with Gasteiger partial charge < -0.3 is 10.2 Å². The summed E-state index contributed by atoms with van der Waals surface area (Å²) in [6.45, 7) is 10.8. The third kappa shape index (κ3) is 4.97. The smallest absolute Gasteiger partial charge is 0.0107 e. The first-order valence-electron chi connectivity index (χ1n) is 6.26. The average Bonchev–Trinajstić information content (AvgIpc) is 2.38. The number of rotatable bonds is 5. The molecular weight excluding hydrogens is 172 g/mol. The summed E-state index contributed by atoms with van der Waals surface area (Å²) in [6.07, 6.45) is 5.47. The van der Waals surface area contributed by atoms with Gasteiger partial charge in [-0.05, 0) is 51.2 Å². The first-order valence-corrected chi connectivity index (χ1v) is 6.26. The Bertz CT molecular complexity index is 136. The molecule has 1 N–H and O–H groups in total. The average molecular weight is 198 g/mol. The van der Waals surface area contributed by atoms with Crippen LogP contribution in [0.15, 0.2) is 0 Å². The van der Waals surface area contributed by atoms with Gasteiger partial charge in [0.2, 0.25) is 0 Å². The monoisotopic (exact) mass is 198 g/mol. The molecular formula is C12H26N2. The molecule has 0 aromatic rings. The van der Waals surface area contributed by atoms with Gasteiger partial charge in [0, 0.05) is 13.1 Å². The summed E-state index contributed by atoms with van der Waals surface area (Å²) in [4.78, 5) is 2.62. The summed E-state index contributed by atoms with van der Waals surface area (Å²) in [5, 5.41) is 3.47. The Balaban J connectivity index is 2.05. The van der Waals surface area contributed by atoms with Gasteiger partial charge in [-0.3, -0.25) is 0 Å². The maximum absolute atomic E-state index is 3.47. The van der Waals surface area contributed by atoms with Gasteiger partial charge in [0.05, 0.1) is 0 Å². The van der Waals surface area contributed by atoms with E-state index in [-0.39, 0.29) is 0 Å². The van der Waals surface area contributed by atoms with Crippen LogP contribution in [0.25, 0.3) is 0 Å². The number of hydrogen-bond acceptors (Lipinski definition) is 2. The lowest BCUT2D eigenvalue weighted by molar-refractivity contribution is 0.281. The molecule has 1 rings (SSSR count). The standard InChI is InChI=1S/C12H26N2/c1-3-7-13-8-11-14-9-4-5-12(2)6-10-14/h12-13H,3-11H2,1-2H3. The van der Waals surface area contributed by atoms with Crippen LogP contribution in [-0.2, 0) is 0 Å². The Morgan fingerprint density at radius 1 is 1.21 bits per heavy atom. The molecule has 0 aromatic carbocycles. The van der Waals surface area contributed by atoms with E-state index in [0.717, 1.165) is 5.92 Å². The van der Waals surface area contributed by atoms with Crippen LogP contribution in [0, 0.1) is 5.92 Å². The van der Waals surface area contributed by atoms with E-state index in [2.05, 4.69) is 24.1 Å². The molecule has 0 bridgehead atoms. The second-order valence-corrected chi connectivity index (χ2v) is 4.63. The number of nitrogens with one attached hydrogen (secondary N) is 1. The Morgan fingerprint density at radius 2 is 2.07 bits per heavy atom. The van der Waals surface area contributed by atoms with Crippen molar-refractivity contribution < 1.29 is 0 Å². The van der Waals surface area contributed by atoms with Crippen LogP contribution in [0.1, 0.15) is 39.5 Å². The summed E-state index contributed by atoms with van der Waals surface area (Å²) in [6, 6.07) is 0. The van der Waals surface area contributed by atoms with E-state index < -0.39 is 0 Å². The maximum Gasteiger partial charge on any atom is 0.0107 e. The molecule has 2 heteroatoms. The summed E-state index contributed by atoms with van der Waals surface area (Å²) in [5.74, 6) is 0.948. The van der Waals surface area contributed by atoms with Gasteiger partial charge in [0.25, 0.3) is 0 Å². The van der Waals surface area contributed by atoms with Crippen LogP contribution >= 0.6 is 0 Å². The second-order valence-electron chi connectivity index (χ2n) is 4.63. The quantitative estimate of drug-likeness (QED) is 0.681. The second kappa shape index (κ2) is 7.24. The molecule has 1 unspecified atom stereocenters. The lowest BCUT2D eigenvalue weighted by Gasteiger charge is -2.19. The van der Waals surface area contributed by atoms with Gasteiger partial charge in [-0.1, -0.05) is 13.8 Å². The minimum absolute atomic E-state index is 0.948. The molecule has 0 saturated carbocycles. The first kappa shape index (κ1) is 12.0. The minimum Gasteiger partial charge on any atom is -0.315 e. The summed E-state index contributed by atoms with van der Waals surface area (Å²) in [5.41, 5.74) is 0. The predicted octanol–water partition coefficient (Wildman–Crippen LogP) is 2.11. The van der Waals surface area contributed by atoms with Gasteiger partial charge in [-0.25, -0.2) is 0 Å². The lowest BCUT2D eigenvalue weighted by atomic mass is 10.0. The number of hydrogen-bond donors (Lipinski definition) is 1. The Kier molecular flexibility index (Phi) is 6.20. The molecule has 0 amide bonds. The zero-order chi connectivity index (χ0) is 10.2. The highest BCUT2D eigenvalue weighted by Crippen LogP contribution is 2.15. The van der Waals surface area contributed by atoms with Crippen molar-refractivity contribution in [1.82, 2.24) is 10.2 Å². The molecule has 1 aliphatic heterocycles. The van der Waals surface area contributed by atoms with E-state index in [1.165, 1.54) is 58.4 Å². The third-order valence-corrected chi connectivity index (χ3v) is 3.14. The molecule has 1 atom stereocenters. The molecule has 0 spiro atoms. The third-order valence-electron chi connectivity index (χ3n) is 3.14. The molecule has 0 aliphatic carbocycles. The lowest BCUT2D eigenvalue weighted by Crippen LogP contribution is -2.33. The molecule has 1 aliphatic rings. The zero-order valence-corrected chi connectivity index (χ0v) is 9.89. The maximum atomic E-state index is 3.47. The summed E-state index contributed by atoms with van der Waals surface area (Å²) >= 11 is 0. The van der Waals surface area contributed by atoms with E-state index in [9.17, 15) is 0 Å². The zero-order valence-electron chi connectivity index (χ0n) is 9.89. The van der Waals surface area contributed by atoms with Crippen molar-refractivity contribution >= 4 is 0 Å².